The molecule has 1 fully saturated rings. The van der Waals surface area contributed by atoms with Crippen LogP contribution in [-0.4, -0.2) is 33.3 Å². The molecule has 1 aliphatic carbocycles. The van der Waals surface area contributed by atoms with Crippen molar-refractivity contribution in [2.24, 2.45) is 5.92 Å². The fourth-order valence-electron chi connectivity index (χ4n) is 3.32. The molecule has 0 spiro atoms. The van der Waals surface area contributed by atoms with Gasteiger partial charge in [0, 0.05) is 24.7 Å². The van der Waals surface area contributed by atoms with Crippen LogP contribution < -0.4 is 0 Å². The molecule has 3 aromatic rings. The van der Waals surface area contributed by atoms with E-state index in [4.69, 9.17) is 0 Å². The summed E-state index contributed by atoms with van der Waals surface area (Å²) in [5.74, 6) is 0.948. The summed E-state index contributed by atoms with van der Waals surface area (Å²) in [6.45, 7) is 2.30. The molecule has 1 aliphatic rings. The maximum atomic E-state index is 12.8. The molecule has 22 heavy (non-hydrogen) atoms. The van der Waals surface area contributed by atoms with Crippen LogP contribution in [0.5, 0.6) is 0 Å². The monoisotopic (exact) mass is 333 g/mol. The van der Waals surface area contributed by atoms with E-state index in [9.17, 15) is 4.79 Å². The average Bonchev–Trinajstić information content (AvgIpc) is 3.18. The maximum Gasteiger partial charge on any atom is 0.264 e. The lowest BCUT2D eigenvalue weighted by Crippen LogP contribution is -2.38. The zero-order valence-electron chi connectivity index (χ0n) is 12.8. The third-order valence-electron chi connectivity index (χ3n) is 4.80. The fraction of sp³-hybridized carbons (Fsp3) is 0.500. The number of thiophene rings is 1. The second-order valence-corrected chi connectivity index (χ2v) is 8.20. The molecule has 6 heteroatoms. The minimum Gasteiger partial charge on any atom is -0.338 e. The molecule has 1 amide bonds. The van der Waals surface area contributed by atoms with Gasteiger partial charge < -0.3 is 4.90 Å². The highest BCUT2D eigenvalue weighted by molar-refractivity contribution is 7.21. The zero-order chi connectivity index (χ0) is 15.3. The van der Waals surface area contributed by atoms with E-state index in [-0.39, 0.29) is 5.91 Å². The lowest BCUT2D eigenvalue weighted by atomic mass is 9.87. The predicted molar refractivity (Wildman–Crippen MR) is 92.0 cm³/mol. The van der Waals surface area contributed by atoms with Gasteiger partial charge in [-0.1, -0.05) is 6.92 Å². The normalized spacial score (nSPS) is 22.5. The van der Waals surface area contributed by atoms with Crippen molar-refractivity contribution in [3.8, 4) is 0 Å². The van der Waals surface area contributed by atoms with Crippen molar-refractivity contribution in [2.45, 2.75) is 38.6 Å². The zero-order valence-corrected chi connectivity index (χ0v) is 14.4. The van der Waals surface area contributed by atoms with Gasteiger partial charge >= 0.3 is 0 Å². The minimum atomic E-state index is 0.145. The molecule has 0 N–H and O–H groups in total. The van der Waals surface area contributed by atoms with Gasteiger partial charge in [-0.25, -0.2) is 4.98 Å². The van der Waals surface area contributed by atoms with Crippen LogP contribution in [0.15, 0.2) is 17.6 Å². The third-order valence-corrected chi connectivity index (χ3v) is 6.57. The first-order chi connectivity index (χ1) is 10.6. The SMILES string of the molecule is CC1CCC(N(C)C(=O)c2cc3c(nc4sccn43)s2)CC1. The van der Waals surface area contributed by atoms with Crippen LogP contribution in [-0.2, 0) is 0 Å². The molecule has 0 atom stereocenters. The molecule has 4 nitrogen and oxygen atoms in total. The van der Waals surface area contributed by atoms with Crippen LogP contribution in [0, 0.1) is 5.92 Å². The first-order valence-corrected chi connectivity index (χ1v) is 9.45. The van der Waals surface area contributed by atoms with Crippen LogP contribution in [0.4, 0.5) is 0 Å². The van der Waals surface area contributed by atoms with Gasteiger partial charge in [-0.15, -0.1) is 22.7 Å². The second-order valence-electron chi connectivity index (χ2n) is 6.30. The number of hydrogen-bond acceptors (Lipinski definition) is 4. The molecule has 1 saturated carbocycles. The number of fused-ring (bicyclic) bond motifs is 3. The highest BCUT2D eigenvalue weighted by Gasteiger charge is 2.26. The smallest absolute Gasteiger partial charge is 0.264 e. The van der Waals surface area contributed by atoms with E-state index in [2.05, 4.69) is 16.3 Å². The number of aromatic nitrogens is 2. The Bertz CT molecular complexity index is 823. The van der Waals surface area contributed by atoms with Crippen LogP contribution >= 0.6 is 22.7 Å². The van der Waals surface area contributed by atoms with E-state index >= 15 is 0 Å². The van der Waals surface area contributed by atoms with Gasteiger partial charge in [-0.2, -0.15) is 0 Å². The second kappa shape index (κ2) is 5.35. The standard InChI is InChI=1S/C16H19N3OS2/c1-10-3-5-11(6-4-10)18(2)15(20)13-9-12-14(22-13)17-16-19(12)7-8-21-16/h7-11H,3-6H2,1-2H3. The van der Waals surface area contributed by atoms with Crippen molar-refractivity contribution in [3.63, 3.8) is 0 Å². The van der Waals surface area contributed by atoms with Crippen molar-refractivity contribution in [2.75, 3.05) is 7.05 Å². The van der Waals surface area contributed by atoms with E-state index in [1.165, 1.54) is 24.2 Å². The average molecular weight is 333 g/mol. The van der Waals surface area contributed by atoms with Gasteiger partial charge in [0.1, 0.15) is 4.83 Å². The Balaban J connectivity index is 1.60. The molecule has 0 aliphatic heterocycles. The molecular weight excluding hydrogens is 314 g/mol. The quantitative estimate of drug-likeness (QED) is 0.702. The molecular formula is C16H19N3OS2. The first kappa shape index (κ1) is 14.2. The Labute approximate surface area is 137 Å². The Kier molecular flexibility index (Phi) is 3.46. The number of thiazole rings is 1. The van der Waals surface area contributed by atoms with Crippen molar-refractivity contribution in [1.29, 1.82) is 0 Å². The van der Waals surface area contributed by atoms with Gasteiger partial charge in [0.2, 0.25) is 0 Å². The molecule has 3 aromatic heterocycles. The number of imidazole rings is 1. The molecule has 116 valence electrons. The number of carbonyl (C=O) groups excluding carboxylic acids is 1. The predicted octanol–water partition coefficient (Wildman–Crippen LogP) is 4.26. The van der Waals surface area contributed by atoms with E-state index in [1.54, 1.807) is 11.3 Å². The van der Waals surface area contributed by atoms with Gasteiger partial charge in [-0.05, 0) is 37.7 Å². The van der Waals surface area contributed by atoms with E-state index in [0.717, 1.165) is 38.9 Å². The molecule has 0 radical (unpaired) electrons. The Hall–Kier alpha value is -1.40. The van der Waals surface area contributed by atoms with Crippen molar-refractivity contribution >= 4 is 43.9 Å². The van der Waals surface area contributed by atoms with Gasteiger partial charge in [0.05, 0.1) is 10.4 Å². The first-order valence-electron chi connectivity index (χ1n) is 7.75. The topological polar surface area (TPSA) is 37.6 Å². The molecule has 0 saturated heterocycles. The molecule has 0 aromatic carbocycles. The van der Waals surface area contributed by atoms with Crippen molar-refractivity contribution in [3.05, 3.63) is 22.5 Å². The largest absolute Gasteiger partial charge is 0.338 e. The summed E-state index contributed by atoms with van der Waals surface area (Å²) in [6.07, 6.45) is 6.73. The van der Waals surface area contributed by atoms with Crippen molar-refractivity contribution in [1.82, 2.24) is 14.3 Å². The van der Waals surface area contributed by atoms with Gasteiger partial charge in [-0.3, -0.25) is 9.20 Å². The number of hydrogen-bond donors (Lipinski definition) is 0. The Morgan fingerprint density at radius 1 is 1.36 bits per heavy atom. The molecule has 0 bridgehead atoms. The summed E-state index contributed by atoms with van der Waals surface area (Å²) in [5.41, 5.74) is 1.05. The Morgan fingerprint density at radius 2 is 2.14 bits per heavy atom. The summed E-state index contributed by atoms with van der Waals surface area (Å²) in [4.78, 5) is 22.1. The highest BCUT2D eigenvalue weighted by Crippen LogP contribution is 2.31. The number of amides is 1. The summed E-state index contributed by atoms with van der Waals surface area (Å²) in [6, 6.07) is 2.39. The Morgan fingerprint density at radius 3 is 2.91 bits per heavy atom. The van der Waals surface area contributed by atoms with Crippen LogP contribution in [0.3, 0.4) is 0 Å². The molecule has 3 heterocycles. The summed E-state index contributed by atoms with van der Waals surface area (Å²) in [7, 11) is 1.95. The van der Waals surface area contributed by atoms with Gasteiger partial charge in [0.25, 0.3) is 5.91 Å². The third kappa shape index (κ3) is 2.25. The summed E-state index contributed by atoms with van der Waals surface area (Å²) < 4.78 is 2.07. The van der Waals surface area contributed by atoms with E-state index < -0.39 is 0 Å². The van der Waals surface area contributed by atoms with Crippen LogP contribution in [0.25, 0.3) is 15.3 Å². The number of nitrogens with zero attached hydrogens (tertiary/aromatic N) is 3. The van der Waals surface area contributed by atoms with Crippen LogP contribution in [0.1, 0.15) is 42.3 Å². The maximum absolute atomic E-state index is 12.8. The highest BCUT2D eigenvalue weighted by atomic mass is 32.1. The number of rotatable bonds is 2. The lowest BCUT2D eigenvalue weighted by molar-refractivity contribution is 0.0684. The lowest BCUT2D eigenvalue weighted by Gasteiger charge is -2.33. The molecule has 0 unspecified atom stereocenters. The van der Waals surface area contributed by atoms with E-state index in [0.29, 0.717) is 6.04 Å². The van der Waals surface area contributed by atoms with Gasteiger partial charge in [0.15, 0.2) is 4.96 Å². The van der Waals surface area contributed by atoms with E-state index in [1.807, 2.05) is 29.6 Å². The number of carbonyl (C=O) groups is 1. The minimum absolute atomic E-state index is 0.145. The van der Waals surface area contributed by atoms with Crippen molar-refractivity contribution < 1.29 is 4.79 Å². The fourth-order valence-corrected chi connectivity index (χ4v) is 5.11. The molecule has 4 rings (SSSR count). The summed E-state index contributed by atoms with van der Waals surface area (Å²) >= 11 is 3.14. The van der Waals surface area contributed by atoms with Crippen LogP contribution in [0.2, 0.25) is 0 Å². The summed E-state index contributed by atoms with van der Waals surface area (Å²) in [5, 5.41) is 2.02.